The highest BCUT2D eigenvalue weighted by atomic mass is 35.5. The molecule has 0 saturated carbocycles. The molecule has 0 fully saturated rings. The molecule has 1 rings (SSSR count). The normalized spacial score (nSPS) is 10.3. The monoisotopic (exact) mass is 325 g/mol. The molecule has 0 spiro atoms. The number of hydrogen-bond donors (Lipinski definition) is 0. The molecular formula is C17H24ClNO3. The van der Waals surface area contributed by atoms with Crippen molar-refractivity contribution in [1.29, 1.82) is 0 Å². The zero-order chi connectivity index (χ0) is 16.4. The van der Waals surface area contributed by atoms with Crippen LogP contribution < -0.4 is 0 Å². The molecule has 1 amide bonds. The average Bonchev–Trinajstić information content (AvgIpc) is 2.51. The Kier molecular flexibility index (Phi) is 8.60. The molecule has 0 saturated heterocycles. The first-order chi connectivity index (χ1) is 10.6. The molecule has 4 nitrogen and oxygen atoms in total. The predicted molar refractivity (Wildman–Crippen MR) is 88.1 cm³/mol. The summed E-state index contributed by atoms with van der Waals surface area (Å²) in [7, 11) is 0. The Balaban J connectivity index is 2.73. The van der Waals surface area contributed by atoms with Crippen LogP contribution in [0.2, 0.25) is 5.02 Å². The lowest BCUT2D eigenvalue weighted by atomic mass is 10.1. The summed E-state index contributed by atoms with van der Waals surface area (Å²) in [6.07, 6.45) is 3.24. The van der Waals surface area contributed by atoms with Gasteiger partial charge in [-0.2, -0.15) is 0 Å². The van der Waals surface area contributed by atoms with Crippen molar-refractivity contribution in [1.82, 2.24) is 4.90 Å². The van der Waals surface area contributed by atoms with Gasteiger partial charge in [0, 0.05) is 13.1 Å². The Morgan fingerprint density at radius 1 is 1.14 bits per heavy atom. The average molecular weight is 326 g/mol. The van der Waals surface area contributed by atoms with Gasteiger partial charge in [0.2, 0.25) is 0 Å². The number of rotatable bonds is 9. The van der Waals surface area contributed by atoms with E-state index in [1.165, 1.54) is 0 Å². The Morgan fingerprint density at radius 3 is 2.50 bits per heavy atom. The van der Waals surface area contributed by atoms with Gasteiger partial charge >= 0.3 is 5.97 Å². The van der Waals surface area contributed by atoms with Crippen molar-refractivity contribution in [2.24, 2.45) is 0 Å². The van der Waals surface area contributed by atoms with Gasteiger partial charge in [0.15, 0.2) is 0 Å². The topological polar surface area (TPSA) is 46.6 Å². The minimum Gasteiger partial charge on any atom is -0.466 e. The van der Waals surface area contributed by atoms with E-state index in [0.717, 1.165) is 19.3 Å². The van der Waals surface area contributed by atoms with Crippen LogP contribution in [0.4, 0.5) is 0 Å². The van der Waals surface area contributed by atoms with E-state index in [2.05, 4.69) is 6.92 Å². The second-order valence-corrected chi connectivity index (χ2v) is 5.44. The third-order valence-corrected chi connectivity index (χ3v) is 3.64. The predicted octanol–water partition coefficient (Wildman–Crippen LogP) is 3.93. The quantitative estimate of drug-likeness (QED) is 0.510. The summed E-state index contributed by atoms with van der Waals surface area (Å²) in [6, 6.07) is 6.99. The molecule has 0 aliphatic heterocycles. The van der Waals surface area contributed by atoms with Crippen molar-refractivity contribution in [2.75, 3.05) is 19.7 Å². The van der Waals surface area contributed by atoms with Crippen LogP contribution >= 0.6 is 11.6 Å². The van der Waals surface area contributed by atoms with E-state index in [1.54, 1.807) is 36.1 Å². The summed E-state index contributed by atoms with van der Waals surface area (Å²) in [4.78, 5) is 25.8. The first kappa shape index (κ1) is 18.5. The molecule has 0 atom stereocenters. The molecule has 0 N–H and O–H groups in total. The molecule has 1 aromatic carbocycles. The van der Waals surface area contributed by atoms with Crippen LogP contribution in [0.3, 0.4) is 0 Å². The number of carbonyl (C=O) groups excluding carboxylic acids is 2. The fourth-order valence-electron chi connectivity index (χ4n) is 2.13. The third kappa shape index (κ3) is 6.06. The summed E-state index contributed by atoms with van der Waals surface area (Å²) in [5.41, 5.74) is 0.476. The summed E-state index contributed by atoms with van der Waals surface area (Å²) in [6.45, 7) is 5.21. The molecule has 0 unspecified atom stereocenters. The number of benzene rings is 1. The van der Waals surface area contributed by atoms with Gasteiger partial charge in [-0.05, 0) is 25.5 Å². The van der Waals surface area contributed by atoms with Crippen molar-refractivity contribution < 1.29 is 14.3 Å². The first-order valence-electron chi connectivity index (χ1n) is 7.79. The van der Waals surface area contributed by atoms with E-state index in [-0.39, 0.29) is 18.3 Å². The number of unbranched alkanes of at least 4 members (excludes halogenated alkanes) is 2. The molecule has 0 heterocycles. The van der Waals surface area contributed by atoms with Gasteiger partial charge < -0.3 is 9.64 Å². The number of hydrogen-bond acceptors (Lipinski definition) is 3. The van der Waals surface area contributed by atoms with Crippen LogP contribution in [-0.4, -0.2) is 36.5 Å². The zero-order valence-electron chi connectivity index (χ0n) is 13.3. The van der Waals surface area contributed by atoms with Crippen molar-refractivity contribution in [3.8, 4) is 0 Å². The smallest absolute Gasteiger partial charge is 0.307 e. The van der Waals surface area contributed by atoms with Crippen molar-refractivity contribution in [3.05, 3.63) is 34.9 Å². The molecule has 0 radical (unpaired) electrons. The lowest BCUT2D eigenvalue weighted by Crippen LogP contribution is -2.34. The van der Waals surface area contributed by atoms with E-state index in [4.69, 9.17) is 16.3 Å². The molecule has 122 valence electrons. The lowest BCUT2D eigenvalue weighted by Gasteiger charge is -2.23. The molecule has 1 aromatic rings. The second kappa shape index (κ2) is 10.2. The van der Waals surface area contributed by atoms with Gasteiger partial charge in [0.25, 0.3) is 5.91 Å². The van der Waals surface area contributed by atoms with Crippen LogP contribution in [0.1, 0.15) is 49.9 Å². The second-order valence-electron chi connectivity index (χ2n) is 5.03. The maximum atomic E-state index is 12.6. The molecular weight excluding hydrogens is 302 g/mol. The number of esters is 1. The molecule has 0 aliphatic carbocycles. The Bertz CT molecular complexity index is 491. The highest BCUT2D eigenvalue weighted by Gasteiger charge is 2.19. The highest BCUT2D eigenvalue weighted by Crippen LogP contribution is 2.18. The van der Waals surface area contributed by atoms with Gasteiger partial charge in [-0.1, -0.05) is 43.5 Å². The molecule has 22 heavy (non-hydrogen) atoms. The van der Waals surface area contributed by atoms with E-state index in [0.29, 0.717) is 30.3 Å². The van der Waals surface area contributed by atoms with Gasteiger partial charge in [-0.15, -0.1) is 0 Å². The lowest BCUT2D eigenvalue weighted by molar-refractivity contribution is -0.143. The van der Waals surface area contributed by atoms with Gasteiger partial charge in [-0.25, -0.2) is 0 Å². The van der Waals surface area contributed by atoms with E-state index in [9.17, 15) is 9.59 Å². The van der Waals surface area contributed by atoms with Crippen molar-refractivity contribution in [3.63, 3.8) is 0 Å². The third-order valence-electron chi connectivity index (χ3n) is 3.31. The highest BCUT2D eigenvalue weighted by molar-refractivity contribution is 6.33. The number of nitrogens with zero attached hydrogens (tertiary/aromatic N) is 1. The minimum absolute atomic E-state index is 0.133. The number of ether oxygens (including phenoxy) is 1. The van der Waals surface area contributed by atoms with Crippen LogP contribution in [-0.2, 0) is 9.53 Å². The Hall–Kier alpha value is -1.55. The molecule has 5 heteroatoms. The number of halogens is 1. The fraction of sp³-hybridized carbons (Fsp3) is 0.529. The van der Waals surface area contributed by atoms with Gasteiger partial charge in [-0.3, -0.25) is 9.59 Å². The van der Waals surface area contributed by atoms with E-state index in [1.807, 2.05) is 0 Å². The summed E-state index contributed by atoms with van der Waals surface area (Å²) in [5, 5.41) is 0.434. The standard InChI is InChI=1S/C17H24ClNO3/c1-3-5-8-12-19(13-11-16(20)22-4-2)17(21)14-9-6-7-10-15(14)18/h6-7,9-10H,3-5,8,11-13H2,1-2H3. The number of carbonyl (C=O) groups is 2. The van der Waals surface area contributed by atoms with Crippen LogP contribution in [0.15, 0.2) is 24.3 Å². The van der Waals surface area contributed by atoms with Crippen LogP contribution in [0, 0.1) is 0 Å². The fourth-order valence-corrected chi connectivity index (χ4v) is 2.35. The summed E-state index contributed by atoms with van der Waals surface area (Å²) >= 11 is 6.10. The summed E-state index contributed by atoms with van der Waals surface area (Å²) in [5.74, 6) is -0.416. The molecule has 0 aliphatic rings. The maximum Gasteiger partial charge on any atom is 0.307 e. The summed E-state index contributed by atoms with van der Waals surface area (Å²) < 4.78 is 4.92. The van der Waals surface area contributed by atoms with Crippen LogP contribution in [0.5, 0.6) is 0 Å². The molecule has 0 bridgehead atoms. The van der Waals surface area contributed by atoms with Crippen molar-refractivity contribution >= 4 is 23.5 Å². The van der Waals surface area contributed by atoms with E-state index >= 15 is 0 Å². The largest absolute Gasteiger partial charge is 0.466 e. The van der Waals surface area contributed by atoms with Gasteiger partial charge in [0.05, 0.1) is 23.6 Å². The zero-order valence-corrected chi connectivity index (χ0v) is 14.1. The minimum atomic E-state index is -0.282. The Labute approximate surface area is 137 Å². The molecule has 0 aromatic heterocycles. The first-order valence-corrected chi connectivity index (χ1v) is 8.17. The maximum absolute atomic E-state index is 12.6. The van der Waals surface area contributed by atoms with Crippen molar-refractivity contribution in [2.45, 2.75) is 39.5 Å². The van der Waals surface area contributed by atoms with Gasteiger partial charge in [0.1, 0.15) is 0 Å². The van der Waals surface area contributed by atoms with Crippen LogP contribution in [0.25, 0.3) is 0 Å². The van der Waals surface area contributed by atoms with E-state index < -0.39 is 0 Å². The number of amides is 1. The SMILES string of the molecule is CCCCCN(CCC(=O)OCC)C(=O)c1ccccc1Cl. The Morgan fingerprint density at radius 2 is 1.86 bits per heavy atom.